The van der Waals surface area contributed by atoms with Gasteiger partial charge in [0.05, 0.1) is 12.1 Å². The van der Waals surface area contributed by atoms with Crippen molar-refractivity contribution in [2.45, 2.75) is 43.8 Å². The number of carboxylic acids is 1. The van der Waals surface area contributed by atoms with Crippen LogP contribution in [0.2, 0.25) is 0 Å². The van der Waals surface area contributed by atoms with E-state index in [4.69, 9.17) is 17.2 Å². The molecule has 10 heteroatoms. The lowest BCUT2D eigenvalue weighted by Gasteiger charge is -2.29. The molecule has 0 spiro atoms. The van der Waals surface area contributed by atoms with Gasteiger partial charge in [-0.25, -0.2) is 9.59 Å². The normalized spacial score (nSPS) is 15.0. The van der Waals surface area contributed by atoms with Crippen LogP contribution in [-0.2, 0) is 20.8 Å². The highest BCUT2D eigenvalue weighted by Crippen LogP contribution is 2.17. The number of carboxylic acid groups (broad SMARTS) is 1. The van der Waals surface area contributed by atoms with Gasteiger partial charge in [0.1, 0.15) is 0 Å². The second kappa shape index (κ2) is 10.4. The minimum absolute atomic E-state index is 0.0594. The summed E-state index contributed by atoms with van der Waals surface area (Å²) in [5.41, 5.74) is 14.9. The van der Waals surface area contributed by atoms with Crippen molar-refractivity contribution in [2.24, 2.45) is 17.2 Å². The quantitative estimate of drug-likeness (QED) is 0.202. The number of hydrogen-bond acceptors (Lipinski definition) is 6. The molecule has 9 N–H and O–H groups in total. The molecule has 0 aliphatic heterocycles. The zero-order chi connectivity index (χ0) is 21.3. The van der Waals surface area contributed by atoms with Crippen molar-refractivity contribution in [1.29, 1.82) is 0 Å². The first-order chi connectivity index (χ1) is 13.1. The van der Waals surface area contributed by atoms with Crippen molar-refractivity contribution < 1.29 is 24.3 Å². The van der Waals surface area contributed by atoms with Crippen LogP contribution in [0.1, 0.15) is 25.3 Å². The predicted octanol–water partition coefficient (Wildman–Crippen LogP) is -1.14. The summed E-state index contributed by atoms with van der Waals surface area (Å²) in [6.45, 7) is 1.51. The Morgan fingerprint density at radius 3 is 2.29 bits per heavy atom. The van der Waals surface area contributed by atoms with Gasteiger partial charge in [0.15, 0.2) is 11.3 Å². The Balaban J connectivity index is 3.04. The summed E-state index contributed by atoms with van der Waals surface area (Å²) in [6.07, 6.45) is -0.0819. The van der Waals surface area contributed by atoms with Crippen molar-refractivity contribution in [1.82, 2.24) is 10.6 Å². The maximum atomic E-state index is 13.0. The van der Waals surface area contributed by atoms with E-state index in [1.807, 2.05) is 0 Å². The molecule has 0 heterocycles. The summed E-state index contributed by atoms with van der Waals surface area (Å²) in [4.78, 5) is 47.6. The second-order valence-electron chi connectivity index (χ2n) is 6.57. The Labute approximate surface area is 162 Å². The molecule has 1 rings (SSSR count). The Bertz CT molecular complexity index is 710. The van der Waals surface area contributed by atoms with E-state index in [0.29, 0.717) is 5.56 Å². The average molecular weight is 393 g/mol. The minimum Gasteiger partial charge on any atom is -0.480 e. The lowest BCUT2D eigenvalue weighted by atomic mass is 9.83. The largest absolute Gasteiger partial charge is 0.480 e. The summed E-state index contributed by atoms with van der Waals surface area (Å²) < 4.78 is 0. The van der Waals surface area contributed by atoms with Crippen LogP contribution < -0.4 is 27.8 Å². The van der Waals surface area contributed by atoms with Gasteiger partial charge < -0.3 is 32.9 Å². The highest BCUT2D eigenvalue weighted by Gasteiger charge is 2.45. The number of nitrogens with one attached hydrogen (secondary N) is 2. The van der Waals surface area contributed by atoms with E-state index in [9.17, 15) is 24.3 Å². The lowest BCUT2D eigenvalue weighted by molar-refractivity contribution is -0.150. The van der Waals surface area contributed by atoms with Crippen molar-refractivity contribution in [3.05, 3.63) is 35.9 Å². The third-order valence-electron chi connectivity index (χ3n) is 4.20. The van der Waals surface area contributed by atoms with E-state index in [0.717, 1.165) is 0 Å². The molecule has 28 heavy (non-hydrogen) atoms. The molecule has 154 valence electrons. The number of ketones is 1. The first-order valence-corrected chi connectivity index (χ1v) is 8.77. The monoisotopic (exact) mass is 393 g/mol. The van der Waals surface area contributed by atoms with E-state index in [1.54, 1.807) is 30.3 Å². The summed E-state index contributed by atoms with van der Waals surface area (Å²) in [7, 11) is 0. The van der Waals surface area contributed by atoms with Gasteiger partial charge in [-0.05, 0) is 31.7 Å². The molecule has 0 aromatic heterocycles. The van der Waals surface area contributed by atoms with Gasteiger partial charge in [0.2, 0.25) is 5.91 Å². The number of primary amides is 1. The standard InChI is InChI=1S/C18H27N5O5/c1-11(19)15(25)23-13(10-12-6-3-2-4-7-12)14(24)18(21,16(26)27)8-5-9-22-17(20)28/h2-4,6-7,11,13H,5,8-10,19,21H2,1H3,(H,23,25)(H,26,27)(H3,20,22,28)/t11?,13?,18-/m0/s1. The van der Waals surface area contributed by atoms with Gasteiger partial charge in [0.25, 0.3) is 0 Å². The molecule has 0 saturated heterocycles. The van der Waals surface area contributed by atoms with E-state index < -0.39 is 41.3 Å². The van der Waals surface area contributed by atoms with E-state index >= 15 is 0 Å². The number of carbonyl (C=O) groups is 4. The van der Waals surface area contributed by atoms with E-state index in [1.165, 1.54) is 6.92 Å². The zero-order valence-corrected chi connectivity index (χ0v) is 15.7. The van der Waals surface area contributed by atoms with Gasteiger partial charge in [-0.15, -0.1) is 0 Å². The molecule has 2 unspecified atom stereocenters. The van der Waals surface area contributed by atoms with Crippen LogP contribution in [0.3, 0.4) is 0 Å². The summed E-state index contributed by atoms with van der Waals surface area (Å²) in [6, 6.07) is 5.96. The van der Waals surface area contributed by atoms with Crippen molar-refractivity contribution in [2.75, 3.05) is 6.54 Å². The maximum absolute atomic E-state index is 13.0. The van der Waals surface area contributed by atoms with Gasteiger partial charge in [0, 0.05) is 6.54 Å². The third kappa shape index (κ3) is 6.63. The van der Waals surface area contributed by atoms with Crippen molar-refractivity contribution in [3.8, 4) is 0 Å². The molecule has 0 bridgehead atoms. The topological polar surface area (TPSA) is 191 Å². The van der Waals surface area contributed by atoms with Gasteiger partial charge in [-0.3, -0.25) is 9.59 Å². The number of hydrogen-bond donors (Lipinski definition) is 6. The van der Waals surface area contributed by atoms with Gasteiger partial charge in [-0.2, -0.15) is 0 Å². The van der Waals surface area contributed by atoms with Gasteiger partial charge >= 0.3 is 12.0 Å². The fourth-order valence-corrected chi connectivity index (χ4v) is 2.59. The molecule has 0 aliphatic rings. The maximum Gasteiger partial charge on any atom is 0.331 e. The molecule has 0 saturated carbocycles. The number of nitrogens with two attached hydrogens (primary N) is 3. The minimum atomic E-state index is -2.25. The Morgan fingerprint density at radius 1 is 1.18 bits per heavy atom. The van der Waals surface area contributed by atoms with Crippen LogP contribution in [0.25, 0.3) is 0 Å². The van der Waals surface area contributed by atoms with Crippen LogP contribution in [-0.4, -0.2) is 53.0 Å². The van der Waals surface area contributed by atoms with Crippen LogP contribution in [0.15, 0.2) is 30.3 Å². The molecule has 3 atom stereocenters. The van der Waals surface area contributed by atoms with Crippen LogP contribution >= 0.6 is 0 Å². The summed E-state index contributed by atoms with van der Waals surface area (Å²) >= 11 is 0. The van der Waals surface area contributed by atoms with Gasteiger partial charge in [-0.1, -0.05) is 30.3 Å². The highest BCUT2D eigenvalue weighted by molar-refractivity contribution is 6.10. The number of benzene rings is 1. The molecule has 0 aliphatic carbocycles. The first kappa shape index (κ1) is 23.1. The molecular weight excluding hydrogens is 366 g/mol. The number of rotatable bonds is 11. The van der Waals surface area contributed by atoms with Crippen LogP contribution in [0, 0.1) is 0 Å². The molecule has 1 aromatic rings. The van der Waals surface area contributed by atoms with Crippen LogP contribution in [0.5, 0.6) is 0 Å². The lowest BCUT2D eigenvalue weighted by Crippen LogP contribution is -2.63. The first-order valence-electron chi connectivity index (χ1n) is 8.77. The SMILES string of the molecule is CC(N)C(=O)NC(Cc1ccccc1)C(=O)[C@@](N)(CCCNC(N)=O)C(=O)O. The number of amides is 3. The van der Waals surface area contributed by atoms with Crippen molar-refractivity contribution >= 4 is 23.7 Å². The fourth-order valence-electron chi connectivity index (χ4n) is 2.59. The number of carbonyl (C=O) groups excluding carboxylic acids is 3. The van der Waals surface area contributed by atoms with Crippen molar-refractivity contribution in [3.63, 3.8) is 0 Å². The predicted molar refractivity (Wildman–Crippen MR) is 102 cm³/mol. The highest BCUT2D eigenvalue weighted by atomic mass is 16.4. The molecule has 3 amide bonds. The molecule has 1 aromatic carbocycles. The van der Waals surface area contributed by atoms with E-state index in [-0.39, 0.29) is 25.8 Å². The molecular formula is C18H27N5O5. The Kier molecular flexibility index (Phi) is 8.55. The summed E-state index contributed by atoms with van der Waals surface area (Å²) in [5, 5.41) is 14.4. The number of aliphatic carboxylic acids is 1. The zero-order valence-electron chi connectivity index (χ0n) is 15.7. The molecule has 10 nitrogen and oxygen atoms in total. The molecule has 0 fully saturated rings. The smallest absolute Gasteiger partial charge is 0.331 e. The molecule has 0 radical (unpaired) electrons. The fraction of sp³-hybridized carbons (Fsp3) is 0.444. The average Bonchev–Trinajstić information content (AvgIpc) is 2.64. The Hall–Kier alpha value is -2.98. The number of Topliss-reactive ketones (excluding diaryl/α,β-unsaturated/α-hetero) is 1. The van der Waals surface area contributed by atoms with Crippen LogP contribution in [0.4, 0.5) is 4.79 Å². The summed E-state index contributed by atoms with van der Waals surface area (Å²) in [5.74, 6) is -2.97. The second-order valence-corrected chi connectivity index (χ2v) is 6.57. The Morgan fingerprint density at radius 2 is 1.79 bits per heavy atom. The van der Waals surface area contributed by atoms with E-state index in [2.05, 4.69) is 10.6 Å². The number of urea groups is 1. The third-order valence-corrected chi connectivity index (χ3v) is 4.20.